The maximum atomic E-state index is 12.2. The molecule has 0 radical (unpaired) electrons. The smallest absolute Gasteiger partial charge is 0.271 e. The third-order valence-electron chi connectivity index (χ3n) is 3.12. The second kappa shape index (κ2) is 8.74. The molecule has 0 aliphatic rings. The lowest BCUT2D eigenvalue weighted by atomic mass is 10.2. The Balaban J connectivity index is 2.08. The molecule has 0 saturated carbocycles. The molecule has 0 unspecified atom stereocenters. The Morgan fingerprint density at radius 3 is 2.56 bits per heavy atom. The van der Waals surface area contributed by atoms with Gasteiger partial charge in [-0.2, -0.15) is 5.10 Å². The van der Waals surface area contributed by atoms with Gasteiger partial charge in [-0.25, -0.2) is 5.43 Å². The van der Waals surface area contributed by atoms with Crippen LogP contribution in [0.25, 0.3) is 0 Å². The van der Waals surface area contributed by atoms with E-state index in [1.54, 1.807) is 36.4 Å². The molecule has 1 amide bonds. The van der Waals surface area contributed by atoms with Crippen molar-refractivity contribution in [2.24, 2.45) is 5.10 Å². The van der Waals surface area contributed by atoms with E-state index in [9.17, 15) is 4.79 Å². The number of carbonyl (C=O) groups is 1. The normalized spacial score (nSPS) is 11.0. The van der Waals surface area contributed by atoms with Crippen molar-refractivity contribution in [3.63, 3.8) is 0 Å². The Morgan fingerprint density at radius 2 is 1.92 bits per heavy atom. The molecular weight excluding hydrogens is 363 g/mol. The van der Waals surface area contributed by atoms with Crippen molar-refractivity contribution in [1.82, 2.24) is 5.43 Å². The number of benzene rings is 2. The van der Waals surface area contributed by atoms with Gasteiger partial charge >= 0.3 is 0 Å². The molecule has 0 fully saturated rings. The lowest BCUT2D eigenvalue weighted by Gasteiger charge is -2.14. The van der Waals surface area contributed by atoms with E-state index in [2.05, 4.69) is 10.5 Å². The number of methoxy groups -OCH3 is 1. The summed E-state index contributed by atoms with van der Waals surface area (Å²) in [7, 11) is 1.52. The zero-order valence-corrected chi connectivity index (χ0v) is 15.6. The summed E-state index contributed by atoms with van der Waals surface area (Å²) in [6.45, 7) is 3.83. The lowest BCUT2D eigenvalue weighted by molar-refractivity contribution is 0.0954. The number of ether oxygens (including phenoxy) is 2. The predicted octanol–water partition coefficient (Wildman–Crippen LogP) is 4.55. The van der Waals surface area contributed by atoms with Crippen LogP contribution in [-0.2, 0) is 0 Å². The first kappa shape index (κ1) is 19.1. The zero-order valence-electron chi connectivity index (χ0n) is 14.0. The van der Waals surface area contributed by atoms with Crippen LogP contribution in [0.4, 0.5) is 0 Å². The van der Waals surface area contributed by atoms with Crippen molar-refractivity contribution in [2.75, 3.05) is 7.11 Å². The Bertz CT molecular complexity index is 792. The highest BCUT2D eigenvalue weighted by atomic mass is 35.5. The van der Waals surface area contributed by atoms with E-state index in [1.165, 1.54) is 13.3 Å². The van der Waals surface area contributed by atoms with Gasteiger partial charge in [-0.1, -0.05) is 29.3 Å². The van der Waals surface area contributed by atoms with Crippen molar-refractivity contribution in [3.05, 3.63) is 57.6 Å². The van der Waals surface area contributed by atoms with Gasteiger partial charge in [0, 0.05) is 16.1 Å². The van der Waals surface area contributed by atoms with Crippen LogP contribution in [0.5, 0.6) is 11.5 Å². The summed E-state index contributed by atoms with van der Waals surface area (Å²) in [5, 5.41) is 4.89. The quantitative estimate of drug-likeness (QED) is 0.590. The summed E-state index contributed by atoms with van der Waals surface area (Å²) in [5.41, 5.74) is 3.48. The van der Waals surface area contributed by atoms with Crippen LogP contribution in [0.15, 0.2) is 41.5 Å². The number of hydrazone groups is 1. The highest BCUT2D eigenvalue weighted by Crippen LogP contribution is 2.29. The molecule has 5 nitrogen and oxygen atoms in total. The maximum Gasteiger partial charge on any atom is 0.271 e. The van der Waals surface area contributed by atoms with Gasteiger partial charge in [0.05, 0.1) is 24.5 Å². The van der Waals surface area contributed by atoms with Crippen LogP contribution in [-0.4, -0.2) is 25.3 Å². The Hall–Kier alpha value is -2.24. The molecular formula is C18H18Cl2N2O3. The van der Waals surface area contributed by atoms with E-state index in [0.717, 1.165) is 0 Å². The second-order valence-electron chi connectivity index (χ2n) is 5.40. The second-order valence-corrected chi connectivity index (χ2v) is 6.24. The molecule has 2 rings (SSSR count). The molecule has 25 heavy (non-hydrogen) atoms. The molecule has 0 atom stereocenters. The number of hydrogen-bond acceptors (Lipinski definition) is 4. The highest BCUT2D eigenvalue weighted by Gasteiger charge is 2.11. The molecule has 2 aromatic rings. The van der Waals surface area contributed by atoms with Gasteiger partial charge < -0.3 is 9.47 Å². The van der Waals surface area contributed by atoms with Crippen LogP contribution in [0.1, 0.15) is 29.8 Å². The van der Waals surface area contributed by atoms with Crippen molar-refractivity contribution < 1.29 is 14.3 Å². The topological polar surface area (TPSA) is 59.9 Å². The zero-order chi connectivity index (χ0) is 18.4. The Labute approximate surface area is 156 Å². The molecule has 0 spiro atoms. The van der Waals surface area contributed by atoms with E-state index in [1.807, 2.05) is 13.8 Å². The molecule has 0 aliphatic heterocycles. The van der Waals surface area contributed by atoms with Gasteiger partial charge in [-0.3, -0.25) is 4.79 Å². The summed E-state index contributed by atoms with van der Waals surface area (Å²) in [4.78, 5) is 12.2. The van der Waals surface area contributed by atoms with E-state index >= 15 is 0 Å². The summed E-state index contributed by atoms with van der Waals surface area (Å²) < 4.78 is 10.9. The standard InChI is InChI=1S/C18H18Cl2N2O3/c1-11(2)25-16-7-5-12(8-17(16)24-3)18(23)22-21-10-13-4-6-14(19)9-15(13)20/h4-11H,1-3H3,(H,22,23)/b21-10-. The van der Waals surface area contributed by atoms with Gasteiger partial charge in [0.1, 0.15) is 0 Å². The van der Waals surface area contributed by atoms with E-state index in [-0.39, 0.29) is 12.0 Å². The maximum absolute atomic E-state index is 12.2. The predicted molar refractivity (Wildman–Crippen MR) is 100 cm³/mol. The van der Waals surface area contributed by atoms with Gasteiger partial charge in [-0.15, -0.1) is 0 Å². The molecule has 2 aromatic carbocycles. The first-order chi connectivity index (χ1) is 11.9. The monoisotopic (exact) mass is 380 g/mol. The van der Waals surface area contributed by atoms with Crippen LogP contribution in [0.2, 0.25) is 10.0 Å². The number of hydrogen-bond donors (Lipinski definition) is 1. The number of carbonyl (C=O) groups excluding carboxylic acids is 1. The minimum atomic E-state index is -0.379. The first-order valence-electron chi connectivity index (χ1n) is 7.54. The van der Waals surface area contributed by atoms with Gasteiger partial charge in [0.25, 0.3) is 5.91 Å². The number of nitrogens with zero attached hydrogens (tertiary/aromatic N) is 1. The Morgan fingerprint density at radius 1 is 1.16 bits per heavy atom. The Kier molecular flexibility index (Phi) is 6.67. The van der Waals surface area contributed by atoms with Crippen LogP contribution < -0.4 is 14.9 Å². The third-order valence-corrected chi connectivity index (χ3v) is 3.68. The van der Waals surface area contributed by atoms with Crippen LogP contribution in [0, 0.1) is 0 Å². The van der Waals surface area contributed by atoms with Crippen molar-refractivity contribution in [2.45, 2.75) is 20.0 Å². The third kappa shape index (κ3) is 5.37. The van der Waals surface area contributed by atoms with Crippen LogP contribution in [0.3, 0.4) is 0 Å². The fraction of sp³-hybridized carbons (Fsp3) is 0.222. The summed E-state index contributed by atoms with van der Waals surface area (Å²) in [5.74, 6) is 0.673. The summed E-state index contributed by atoms with van der Waals surface area (Å²) in [6.07, 6.45) is 1.45. The molecule has 0 heterocycles. The van der Waals surface area contributed by atoms with Gasteiger partial charge in [0.2, 0.25) is 0 Å². The SMILES string of the molecule is COc1cc(C(=O)N/N=C\c2ccc(Cl)cc2Cl)ccc1OC(C)C. The van der Waals surface area contributed by atoms with E-state index < -0.39 is 0 Å². The highest BCUT2D eigenvalue weighted by molar-refractivity contribution is 6.36. The molecule has 0 aliphatic carbocycles. The molecule has 0 bridgehead atoms. The summed E-state index contributed by atoms with van der Waals surface area (Å²) >= 11 is 11.9. The van der Waals surface area contributed by atoms with Crippen molar-refractivity contribution in [3.8, 4) is 11.5 Å². The van der Waals surface area contributed by atoms with Gasteiger partial charge in [-0.05, 0) is 44.2 Å². The fourth-order valence-corrected chi connectivity index (χ4v) is 2.45. The molecule has 0 saturated heterocycles. The summed E-state index contributed by atoms with van der Waals surface area (Å²) in [6, 6.07) is 9.92. The molecule has 132 valence electrons. The largest absolute Gasteiger partial charge is 0.493 e. The van der Waals surface area contributed by atoms with Gasteiger partial charge in [0.15, 0.2) is 11.5 Å². The fourth-order valence-electron chi connectivity index (χ4n) is 1.99. The average molecular weight is 381 g/mol. The molecule has 1 N–H and O–H groups in total. The number of nitrogens with one attached hydrogen (secondary N) is 1. The van der Waals surface area contributed by atoms with Crippen LogP contribution >= 0.6 is 23.2 Å². The van der Waals surface area contributed by atoms with Crippen molar-refractivity contribution >= 4 is 35.3 Å². The average Bonchev–Trinajstić information content (AvgIpc) is 2.56. The molecule has 0 aromatic heterocycles. The molecule has 7 heteroatoms. The minimum Gasteiger partial charge on any atom is -0.493 e. The van der Waals surface area contributed by atoms with E-state index in [0.29, 0.717) is 32.7 Å². The minimum absolute atomic E-state index is 0.00213. The number of rotatable bonds is 6. The van der Waals surface area contributed by atoms with E-state index in [4.69, 9.17) is 32.7 Å². The number of amides is 1. The lowest BCUT2D eigenvalue weighted by Crippen LogP contribution is -2.18. The number of halogens is 2. The first-order valence-corrected chi connectivity index (χ1v) is 8.29. The van der Waals surface area contributed by atoms with Crippen molar-refractivity contribution in [1.29, 1.82) is 0 Å².